The van der Waals surface area contributed by atoms with Crippen LogP contribution >= 0.6 is 35.4 Å². The summed E-state index contributed by atoms with van der Waals surface area (Å²) in [5.41, 5.74) is 0.722. The zero-order valence-corrected chi connectivity index (χ0v) is 11.0. The minimum Gasteiger partial charge on any atom is -0.347 e. The molecule has 1 aromatic rings. The maximum atomic E-state index is 12.1. The molecule has 0 fully saturated rings. The highest BCUT2D eigenvalue weighted by molar-refractivity contribution is 7.80. The van der Waals surface area contributed by atoms with E-state index in [0.717, 1.165) is 0 Å². The second-order valence-corrected chi connectivity index (χ2v) is 4.91. The molecule has 1 aliphatic heterocycles. The summed E-state index contributed by atoms with van der Waals surface area (Å²) in [4.78, 5) is 23.6. The molecular weight excluding hydrogens is 281 g/mol. The van der Waals surface area contributed by atoms with E-state index in [4.69, 9.17) is 35.4 Å². The standard InChI is InChI=1S/C11H7Cl2NO2S/c1-4(15)7-10(16)5-2-3-6(12)8(13)9(5)14-11(7)17/h2-3,7H,1H3,(H,14,17). The number of ketones is 2. The van der Waals surface area contributed by atoms with Crippen LogP contribution in [0.3, 0.4) is 0 Å². The maximum Gasteiger partial charge on any atom is 0.182 e. The number of thiocarbonyl (C=S) groups is 1. The fourth-order valence-corrected chi connectivity index (χ4v) is 2.46. The molecule has 0 spiro atoms. The summed E-state index contributed by atoms with van der Waals surface area (Å²) in [6, 6.07) is 3.06. The van der Waals surface area contributed by atoms with Crippen LogP contribution in [-0.2, 0) is 4.79 Å². The van der Waals surface area contributed by atoms with Gasteiger partial charge in [0.15, 0.2) is 5.78 Å². The van der Waals surface area contributed by atoms with E-state index in [9.17, 15) is 9.59 Å². The van der Waals surface area contributed by atoms with Gasteiger partial charge < -0.3 is 5.32 Å². The minimum absolute atomic E-state index is 0.166. The molecule has 0 amide bonds. The Morgan fingerprint density at radius 1 is 1.41 bits per heavy atom. The van der Waals surface area contributed by atoms with Crippen molar-refractivity contribution in [1.29, 1.82) is 0 Å². The van der Waals surface area contributed by atoms with E-state index < -0.39 is 5.92 Å². The third-order valence-corrected chi connectivity index (χ3v) is 3.68. The Morgan fingerprint density at radius 2 is 2.06 bits per heavy atom. The first-order chi connectivity index (χ1) is 7.93. The number of halogens is 2. The van der Waals surface area contributed by atoms with Crippen molar-refractivity contribution < 1.29 is 9.59 Å². The SMILES string of the molecule is CC(=O)C1C(=O)c2ccc(Cl)c(Cl)c2NC1=S. The van der Waals surface area contributed by atoms with Crippen molar-refractivity contribution in [3.05, 3.63) is 27.7 Å². The van der Waals surface area contributed by atoms with Gasteiger partial charge in [-0.2, -0.15) is 0 Å². The molecule has 3 nitrogen and oxygen atoms in total. The number of fused-ring (bicyclic) bond motifs is 1. The molecule has 1 atom stereocenters. The van der Waals surface area contributed by atoms with Crippen LogP contribution in [0, 0.1) is 5.92 Å². The van der Waals surface area contributed by atoms with Gasteiger partial charge >= 0.3 is 0 Å². The van der Waals surface area contributed by atoms with Gasteiger partial charge in [0.05, 0.1) is 20.7 Å². The van der Waals surface area contributed by atoms with Crippen LogP contribution in [0.15, 0.2) is 12.1 Å². The van der Waals surface area contributed by atoms with Crippen molar-refractivity contribution in [3.63, 3.8) is 0 Å². The molecule has 2 rings (SSSR count). The van der Waals surface area contributed by atoms with Crippen LogP contribution in [0.4, 0.5) is 5.69 Å². The average molecular weight is 288 g/mol. The molecule has 0 aromatic heterocycles. The molecule has 1 unspecified atom stereocenters. The lowest BCUT2D eigenvalue weighted by atomic mass is 9.89. The summed E-state index contributed by atoms with van der Waals surface area (Å²) >= 11 is 16.8. The van der Waals surface area contributed by atoms with Crippen LogP contribution in [0.5, 0.6) is 0 Å². The third kappa shape index (κ3) is 1.97. The van der Waals surface area contributed by atoms with E-state index >= 15 is 0 Å². The molecule has 88 valence electrons. The van der Waals surface area contributed by atoms with Crippen molar-refractivity contribution in [3.8, 4) is 0 Å². The lowest BCUT2D eigenvalue weighted by Crippen LogP contribution is -2.38. The van der Waals surface area contributed by atoms with E-state index in [1.807, 2.05) is 0 Å². The minimum atomic E-state index is -0.922. The molecule has 0 saturated carbocycles. The topological polar surface area (TPSA) is 46.2 Å². The largest absolute Gasteiger partial charge is 0.347 e. The molecule has 1 N–H and O–H groups in total. The number of benzene rings is 1. The van der Waals surface area contributed by atoms with Crippen molar-refractivity contribution in [2.24, 2.45) is 5.92 Å². The molecule has 0 radical (unpaired) electrons. The average Bonchev–Trinajstić information content (AvgIpc) is 2.23. The van der Waals surface area contributed by atoms with Crippen molar-refractivity contribution >= 4 is 57.7 Å². The van der Waals surface area contributed by atoms with Gasteiger partial charge in [0.1, 0.15) is 11.7 Å². The molecule has 17 heavy (non-hydrogen) atoms. The molecule has 0 aliphatic carbocycles. The summed E-state index contributed by atoms with van der Waals surface area (Å²) in [7, 11) is 0. The van der Waals surface area contributed by atoms with Gasteiger partial charge in [-0.1, -0.05) is 35.4 Å². The second-order valence-electron chi connectivity index (χ2n) is 3.68. The van der Waals surface area contributed by atoms with Gasteiger partial charge in [0.25, 0.3) is 0 Å². The smallest absolute Gasteiger partial charge is 0.182 e. The fraction of sp³-hybridized carbons (Fsp3) is 0.182. The molecule has 6 heteroatoms. The molecule has 1 aromatic carbocycles. The van der Waals surface area contributed by atoms with Gasteiger partial charge in [-0.05, 0) is 19.1 Å². The van der Waals surface area contributed by atoms with Gasteiger partial charge in [-0.25, -0.2) is 0 Å². The normalized spacial score (nSPS) is 18.6. The Balaban J connectivity index is 2.61. The zero-order valence-electron chi connectivity index (χ0n) is 8.71. The molecule has 1 heterocycles. The van der Waals surface area contributed by atoms with E-state index in [-0.39, 0.29) is 21.6 Å². The van der Waals surface area contributed by atoms with Crippen LogP contribution in [0.2, 0.25) is 10.0 Å². The molecule has 0 bridgehead atoms. The molecular formula is C11H7Cl2NO2S. The Morgan fingerprint density at radius 3 is 2.65 bits per heavy atom. The van der Waals surface area contributed by atoms with Gasteiger partial charge in [0.2, 0.25) is 0 Å². The van der Waals surface area contributed by atoms with E-state index in [0.29, 0.717) is 16.3 Å². The zero-order chi connectivity index (χ0) is 12.7. The number of hydrogen-bond donors (Lipinski definition) is 1. The predicted octanol–water partition coefficient (Wildman–Crippen LogP) is 3.13. The highest BCUT2D eigenvalue weighted by Gasteiger charge is 2.36. The fourth-order valence-electron chi connectivity index (χ4n) is 1.72. The molecule has 0 saturated heterocycles. The highest BCUT2D eigenvalue weighted by atomic mass is 35.5. The van der Waals surface area contributed by atoms with Crippen molar-refractivity contribution in [1.82, 2.24) is 0 Å². The second kappa shape index (κ2) is 4.37. The number of Topliss-reactive ketones (excluding diaryl/α,β-unsaturated/α-hetero) is 2. The van der Waals surface area contributed by atoms with Gasteiger partial charge in [-0.3, -0.25) is 9.59 Å². The number of carbonyl (C=O) groups excluding carboxylic acids is 2. The monoisotopic (exact) mass is 287 g/mol. The third-order valence-electron chi connectivity index (χ3n) is 2.54. The first-order valence-corrected chi connectivity index (χ1v) is 5.93. The first kappa shape index (κ1) is 12.5. The number of nitrogens with one attached hydrogen (secondary N) is 1. The summed E-state index contributed by atoms with van der Waals surface area (Å²) in [5.74, 6) is -1.55. The molecule has 1 aliphatic rings. The number of rotatable bonds is 1. The summed E-state index contributed by atoms with van der Waals surface area (Å²) in [6.45, 7) is 1.33. The summed E-state index contributed by atoms with van der Waals surface area (Å²) < 4.78 is 0. The van der Waals surface area contributed by atoms with Crippen LogP contribution < -0.4 is 5.32 Å². The predicted molar refractivity (Wildman–Crippen MR) is 71.2 cm³/mol. The highest BCUT2D eigenvalue weighted by Crippen LogP contribution is 2.37. The van der Waals surface area contributed by atoms with Crippen LogP contribution in [-0.4, -0.2) is 16.6 Å². The Kier molecular flexibility index (Phi) is 3.21. The lowest BCUT2D eigenvalue weighted by Gasteiger charge is -2.25. The summed E-state index contributed by atoms with van der Waals surface area (Å²) in [5, 5.41) is 3.37. The van der Waals surface area contributed by atoms with Crippen LogP contribution in [0.25, 0.3) is 0 Å². The first-order valence-electron chi connectivity index (χ1n) is 4.77. The van der Waals surface area contributed by atoms with Crippen LogP contribution in [0.1, 0.15) is 17.3 Å². The summed E-state index contributed by atoms with van der Waals surface area (Å²) in [6.07, 6.45) is 0. The Labute approximate surface area is 113 Å². The quantitative estimate of drug-likeness (QED) is 0.637. The van der Waals surface area contributed by atoms with E-state index in [1.165, 1.54) is 19.1 Å². The maximum absolute atomic E-state index is 12.1. The Bertz CT molecular complexity index is 557. The lowest BCUT2D eigenvalue weighted by molar-refractivity contribution is -0.117. The van der Waals surface area contributed by atoms with Gasteiger partial charge in [-0.15, -0.1) is 0 Å². The van der Waals surface area contributed by atoms with Crippen molar-refractivity contribution in [2.75, 3.05) is 5.32 Å². The number of carbonyl (C=O) groups is 2. The number of hydrogen-bond acceptors (Lipinski definition) is 3. The Hall–Kier alpha value is -0.970. The number of anilines is 1. The van der Waals surface area contributed by atoms with Gasteiger partial charge in [0, 0.05) is 5.56 Å². The van der Waals surface area contributed by atoms with E-state index in [2.05, 4.69) is 5.32 Å². The van der Waals surface area contributed by atoms with E-state index in [1.54, 1.807) is 0 Å². The van der Waals surface area contributed by atoms with Crippen molar-refractivity contribution in [2.45, 2.75) is 6.92 Å².